The smallest absolute Gasteiger partial charge is 0.245 e. The van der Waals surface area contributed by atoms with Crippen LogP contribution in [0, 0.1) is 6.92 Å². The summed E-state index contributed by atoms with van der Waals surface area (Å²) < 4.78 is 0. The SMILES string of the molecule is CNC(=O)[C@@H]1C[C@@H](NC(=O)CO)CN1C(=O)CCc1scnc1C. The molecule has 0 unspecified atom stereocenters. The van der Waals surface area contributed by atoms with Crippen LogP contribution >= 0.6 is 11.3 Å². The normalized spacial score (nSPS) is 20.0. The number of aryl methyl sites for hydroxylation is 2. The van der Waals surface area contributed by atoms with Gasteiger partial charge >= 0.3 is 0 Å². The molecule has 3 amide bonds. The Bertz CT molecular complexity index is 618. The Morgan fingerprint density at radius 2 is 2.21 bits per heavy atom. The molecule has 0 aromatic carbocycles. The van der Waals surface area contributed by atoms with Crippen molar-refractivity contribution in [3.8, 4) is 0 Å². The van der Waals surface area contributed by atoms with Crippen molar-refractivity contribution in [3.05, 3.63) is 16.1 Å². The van der Waals surface area contributed by atoms with E-state index in [9.17, 15) is 14.4 Å². The number of aliphatic hydroxyl groups excluding tert-OH is 1. The molecule has 3 N–H and O–H groups in total. The van der Waals surface area contributed by atoms with E-state index in [1.54, 1.807) is 5.51 Å². The van der Waals surface area contributed by atoms with Gasteiger partial charge in [-0.25, -0.2) is 4.98 Å². The Balaban J connectivity index is 2.01. The van der Waals surface area contributed by atoms with E-state index in [1.807, 2.05) is 6.92 Å². The highest BCUT2D eigenvalue weighted by atomic mass is 32.1. The van der Waals surface area contributed by atoms with Crippen LogP contribution in [-0.4, -0.2) is 65.0 Å². The van der Waals surface area contributed by atoms with E-state index in [-0.39, 0.29) is 30.8 Å². The molecule has 0 aliphatic carbocycles. The average Bonchev–Trinajstić information content (AvgIpc) is 3.18. The molecule has 9 heteroatoms. The summed E-state index contributed by atoms with van der Waals surface area (Å²) in [5.41, 5.74) is 2.67. The van der Waals surface area contributed by atoms with Gasteiger partial charge in [0.15, 0.2) is 0 Å². The molecule has 0 radical (unpaired) electrons. The molecule has 1 saturated heterocycles. The summed E-state index contributed by atoms with van der Waals surface area (Å²) in [4.78, 5) is 42.7. The molecule has 1 aromatic heterocycles. The number of aliphatic hydroxyl groups is 1. The molecule has 2 atom stereocenters. The maximum Gasteiger partial charge on any atom is 0.245 e. The zero-order chi connectivity index (χ0) is 17.7. The monoisotopic (exact) mass is 354 g/mol. The van der Waals surface area contributed by atoms with Gasteiger partial charge in [-0.2, -0.15) is 0 Å². The second kappa shape index (κ2) is 8.20. The second-order valence-electron chi connectivity index (χ2n) is 5.70. The van der Waals surface area contributed by atoms with Gasteiger partial charge in [0.25, 0.3) is 0 Å². The minimum absolute atomic E-state index is 0.128. The Hall–Kier alpha value is -2.00. The van der Waals surface area contributed by atoms with E-state index < -0.39 is 18.6 Å². The van der Waals surface area contributed by atoms with Crippen molar-refractivity contribution >= 4 is 29.1 Å². The van der Waals surface area contributed by atoms with Gasteiger partial charge in [0.05, 0.1) is 11.2 Å². The summed E-state index contributed by atoms with van der Waals surface area (Å²) >= 11 is 1.51. The molecule has 0 spiro atoms. The molecule has 1 aliphatic heterocycles. The number of likely N-dealkylation sites (N-methyl/N-ethyl adjacent to an activating group) is 1. The highest BCUT2D eigenvalue weighted by molar-refractivity contribution is 7.09. The number of hydrogen-bond donors (Lipinski definition) is 3. The molecule has 2 rings (SSSR count). The maximum atomic E-state index is 12.6. The number of nitrogens with one attached hydrogen (secondary N) is 2. The zero-order valence-electron chi connectivity index (χ0n) is 13.7. The number of nitrogens with zero attached hydrogens (tertiary/aromatic N) is 2. The second-order valence-corrected chi connectivity index (χ2v) is 6.63. The van der Waals surface area contributed by atoms with Crippen molar-refractivity contribution in [1.29, 1.82) is 0 Å². The standard InChI is InChI=1S/C15H22N4O4S/c1-9-12(24-8-17-9)3-4-14(22)19-6-10(18-13(21)7-20)5-11(19)15(23)16-2/h8,10-11,20H,3-7H2,1-2H3,(H,16,23)(H,18,21)/t10-,11+/m1/s1. The topological polar surface area (TPSA) is 112 Å². The summed E-state index contributed by atoms with van der Waals surface area (Å²) in [5, 5.41) is 14.0. The molecule has 0 saturated carbocycles. The fourth-order valence-corrected chi connectivity index (χ4v) is 3.62. The largest absolute Gasteiger partial charge is 0.387 e. The summed E-state index contributed by atoms with van der Waals surface area (Å²) in [6, 6.07) is -0.935. The molecule has 24 heavy (non-hydrogen) atoms. The third kappa shape index (κ3) is 4.30. The van der Waals surface area contributed by atoms with Gasteiger partial charge in [0.2, 0.25) is 17.7 Å². The quantitative estimate of drug-likeness (QED) is 0.620. The molecular formula is C15H22N4O4S. The first-order chi connectivity index (χ1) is 11.5. The van der Waals surface area contributed by atoms with Crippen LogP contribution in [0.4, 0.5) is 0 Å². The van der Waals surface area contributed by atoms with Gasteiger partial charge in [-0.1, -0.05) is 0 Å². The first kappa shape index (κ1) is 18.3. The predicted molar refractivity (Wildman–Crippen MR) is 88.4 cm³/mol. The van der Waals surface area contributed by atoms with E-state index in [0.29, 0.717) is 12.8 Å². The predicted octanol–water partition coefficient (Wildman–Crippen LogP) is -0.792. The summed E-state index contributed by atoms with van der Waals surface area (Å²) in [6.07, 6.45) is 1.22. The fraction of sp³-hybridized carbons (Fsp3) is 0.600. The number of carbonyl (C=O) groups excluding carboxylic acids is 3. The molecule has 0 bridgehead atoms. The van der Waals surface area contributed by atoms with Crippen molar-refractivity contribution < 1.29 is 19.5 Å². The molecule has 1 aliphatic rings. The van der Waals surface area contributed by atoms with Gasteiger partial charge < -0.3 is 20.6 Å². The molecule has 8 nitrogen and oxygen atoms in total. The lowest BCUT2D eigenvalue weighted by Gasteiger charge is -2.23. The van der Waals surface area contributed by atoms with Crippen LogP contribution in [-0.2, 0) is 20.8 Å². The molecule has 2 heterocycles. The minimum atomic E-state index is -0.611. The van der Waals surface area contributed by atoms with E-state index in [1.165, 1.54) is 23.3 Å². The number of likely N-dealkylation sites (tertiary alicyclic amines) is 1. The lowest BCUT2D eigenvalue weighted by atomic mass is 10.1. The van der Waals surface area contributed by atoms with Gasteiger partial charge in [0.1, 0.15) is 12.6 Å². The van der Waals surface area contributed by atoms with Crippen molar-refractivity contribution in [2.45, 2.75) is 38.3 Å². The molecule has 132 valence electrons. The van der Waals surface area contributed by atoms with Crippen LogP contribution in [0.5, 0.6) is 0 Å². The highest BCUT2D eigenvalue weighted by Gasteiger charge is 2.39. The number of carbonyl (C=O) groups is 3. The number of thiazole rings is 1. The van der Waals surface area contributed by atoms with Crippen LogP contribution in [0.3, 0.4) is 0 Å². The maximum absolute atomic E-state index is 12.6. The lowest BCUT2D eigenvalue weighted by Crippen LogP contribution is -2.45. The minimum Gasteiger partial charge on any atom is -0.387 e. The third-order valence-corrected chi connectivity index (χ3v) is 5.08. The number of rotatable bonds is 6. The van der Waals surface area contributed by atoms with Crippen molar-refractivity contribution in [2.75, 3.05) is 20.2 Å². The number of aromatic nitrogens is 1. The number of amides is 3. The van der Waals surface area contributed by atoms with E-state index >= 15 is 0 Å². The first-order valence-corrected chi connectivity index (χ1v) is 8.64. The Labute approximate surface area is 144 Å². The number of hydrogen-bond acceptors (Lipinski definition) is 6. The van der Waals surface area contributed by atoms with Gasteiger partial charge in [0, 0.05) is 30.9 Å². The van der Waals surface area contributed by atoms with Crippen LogP contribution in [0.25, 0.3) is 0 Å². The molecule has 1 fully saturated rings. The summed E-state index contributed by atoms with van der Waals surface area (Å²) in [7, 11) is 1.52. The van der Waals surface area contributed by atoms with E-state index in [2.05, 4.69) is 15.6 Å². The summed E-state index contributed by atoms with van der Waals surface area (Å²) in [6.45, 7) is 1.56. The Morgan fingerprint density at radius 3 is 2.79 bits per heavy atom. The van der Waals surface area contributed by atoms with Crippen molar-refractivity contribution in [1.82, 2.24) is 20.5 Å². The van der Waals surface area contributed by atoms with E-state index in [0.717, 1.165) is 10.6 Å². The van der Waals surface area contributed by atoms with E-state index in [4.69, 9.17) is 5.11 Å². The summed E-state index contributed by atoms with van der Waals surface area (Å²) in [5.74, 6) is -0.888. The average molecular weight is 354 g/mol. The first-order valence-electron chi connectivity index (χ1n) is 7.76. The van der Waals surface area contributed by atoms with Crippen LogP contribution in [0.1, 0.15) is 23.4 Å². The molecular weight excluding hydrogens is 332 g/mol. The van der Waals surface area contributed by atoms with Gasteiger partial charge in [-0.3, -0.25) is 14.4 Å². The lowest BCUT2D eigenvalue weighted by molar-refractivity contribution is -0.138. The van der Waals surface area contributed by atoms with Gasteiger partial charge in [-0.15, -0.1) is 11.3 Å². The van der Waals surface area contributed by atoms with Crippen molar-refractivity contribution in [2.24, 2.45) is 0 Å². The Morgan fingerprint density at radius 1 is 1.46 bits per heavy atom. The third-order valence-electron chi connectivity index (χ3n) is 4.09. The zero-order valence-corrected chi connectivity index (χ0v) is 14.6. The highest BCUT2D eigenvalue weighted by Crippen LogP contribution is 2.21. The van der Waals surface area contributed by atoms with Crippen LogP contribution in [0.2, 0.25) is 0 Å². The van der Waals surface area contributed by atoms with Crippen molar-refractivity contribution in [3.63, 3.8) is 0 Å². The van der Waals surface area contributed by atoms with Gasteiger partial charge in [-0.05, 0) is 19.8 Å². The molecule has 1 aromatic rings. The van der Waals surface area contributed by atoms with Crippen LogP contribution in [0.15, 0.2) is 5.51 Å². The Kier molecular flexibility index (Phi) is 6.27. The fourth-order valence-electron chi connectivity index (χ4n) is 2.83. The van der Waals surface area contributed by atoms with Crippen LogP contribution < -0.4 is 10.6 Å².